The number of fused-ring (bicyclic) bond motifs is 3. The van der Waals surface area contributed by atoms with Gasteiger partial charge in [-0.3, -0.25) is 14.5 Å². The van der Waals surface area contributed by atoms with Gasteiger partial charge in [0.1, 0.15) is 11.8 Å². The molecular formula is C25H24N4O4. The Balaban J connectivity index is 1.24. The van der Waals surface area contributed by atoms with Gasteiger partial charge in [0, 0.05) is 40.5 Å². The van der Waals surface area contributed by atoms with Crippen LogP contribution < -0.4 is 10.6 Å². The number of amides is 4. The summed E-state index contributed by atoms with van der Waals surface area (Å²) in [5.41, 5.74) is 2.98. The summed E-state index contributed by atoms with van der Waals surface area (Å²) in [4.78, 5) is 38.4. The second-order valence-electron chi connectivity index (χ2n) is 8.09. The van der Waals surface area contributed by atoms with Crippen molar-refractivity contribution in [1.82, 2.24) is 14.8 Å². The van der Waals surface area contributed by atoms with E-state index in [2.05, 4.69) is 34.3 Å². The second kappa shape index (κ2) is 8.46. The van der Waals surface area contributed by atoms with Crippen LogP contribution in [-0.4, -0.2) is 33.4 Å². The molecule has 8 heteroatoms. The molecule has 2 N–H and O–H groups in total. The number of para-hydroxylation sites is 1. The van der Waals surface area contributed by atoms with Crippen molar-refractivity contribution >= 4 is 45.3 Å². The Kier molecular flexibility index (Phi) is 5.34. The molecule has 2 aromatic carbocycles. The van der Waals surface area contributed by atoms with Crippen molar-refractivity contribution in [3.05, 3.63) is 66.6 Å². The number of anilines is 1. The molecule has 2 aromatic heterocycles. The van der Waals surface area contributed by atoms with Gasteiger partial charge in [0.05, 0.1) is 12.8 Å². The molecule has 0 bridgehead atoms. The predicted molar refractivity (Wildman–Crippen MR) is 125 cm³/mol. The maximum atomic E-state index is 12.6. The first kappa shape index (κ1) is 20.8. The van der Waals surface area contributed by atoms with Gasteiger partial charge in [-0.05, 0) is 49.7 Å². The standard InChI is InChI=1S/C25H24N4O4/c1-2-28-21-8-4-3-7-18(21)19-14-16(9-11-22(19)28)26-23(30)12-10-20-24(31)29(25(32)27-20)15-17-6-5-13-33-17/h3-9,11,13-14,20H,2,10,12,15H2,1H3,(H,26,30)(H,27,32)/t20-/m0/s1. The fraction of sp³-hybridized carbons (Fsp3) is 0.240. The molecule has 0 radical (unpaired) electrons. The van der Waals surface area contributed by atoms with Crippen molar-refractivity contribution in [3.63, 3.8) is 0 Å². The lowest BCUT2D eigenvalue weighted by atomic mass is 10.1. The molecule has 168 valence electrons. The van der Waals surface area contributed by atoms with Gasteiger partial charge >= 0.3 is 6.03 Å². The van der Waals surface area contributed by atoms with Crippen molar-refractivity contribution in [2.75, 3.05) is 5.32 Å². The fourth-order valence-electron chi connectivity index (χ4n) is 4.45. The lowest BCUT2D eigenvalue weighted by molar-refractivity contribution is -0.128. The van der Waals surface area contributed by atoms with Crippen LogP contribution in [0.25, 0.3) is 21.8 Å². The SMILES string of the molecule is CCn1c2ccccc2c2cc(NC(=O)CC[C@@H]3NC(=O)N(Cc4ccco4)C3=O)ccc21. The highest BCUT2D eigenvalue weighted by molar-refractivity contribution is 6.10. The fourth-order valence-corrected chi connectivity index (χ4v) is 4.45. The first-order valence-corrected chi connectivity index (χ1v) is 11.0. The van der Waals surface area contributed by atoms with Gasteiger partial charge < -0.3 is 19.6 Å². The molecule has 1 atom stereocenters. The first-order valence-electron chi connectivity index (χ1n) is 11.0. The summed E-state index contributed by atoms with van der Waals surface area (Å²) in [6, 6.07) is 16.3. The number of benzene rings is 2. The van der Waals surface area contributed by atoms with E-state index in [1.54, 1.807) is 12.1 Å². The number of hydrogen-bond acceptors (Lipinski definition) is 4. The summed E-state index contributed by atoms with van der Waals surface area (Å²) in [5, 5.41) is 7.80. The molecule has 5 rings (SSSR count). The number of urea groups is 1. The molecule has 0 aliphatic carbocycles. The van der Waals surface area contributed by atoms with Crippen LogP contribution in [0.4, 0.5) is 10.5 Å². The highest BCUT2D eigenvalue weighted by atomic mass is 16.3. The van der Waals surface area contributed by atoms with Crippen molar-refractivity contribution in [2.45, 2.75) is 38.9 Å². The van der Waals surface area contributed by atoms with Gasteiger partial charge in [0.25, 0.3) is 5.91 Å². The van der Waals surface area contributed by atoms with E-state index in [0.29, 0.717) is 11.4 Å². The van der Waals surface area contributed by atoms with Gasteiger partial charge in [0.2, 0.25) is 5.91 Å². The molecule has 0 spiro atoms. The zero-order chi connectivity index (χ0) is 22.9. The molecule has 1 aliphatic rings. The number of imide groups is 1. The Bertz CT molecular complexity index is 1360. The minimum atomic E-state index is -0.719. The average molecular weight is 444 g/mol. The lowest BCUT2D eigenvalue weighted by Crippen LogP contribution is -2.31. The van der Waals surface area contributed by atoms with Crippen LogP contribution >= 0.6 is 0 Å². The van der Waals surface area contributed by atoms with Crippen LogP contribution in [-0.2, 0) is 22.7 Å². The third kappa shape index (κ3) is 3.84. The summed E-state index contributed by atoms with van der Waals surface area (Å²) in [7, 11) is 0. The van der Waals surface area contributed by atoms with Crippen LogP contribution in [0.15, 0.2) is 65.3 Å². The normalized spacial score (nSPS) is 16.0. The van der Waals surface area contributed by atoms with E-state index in [0.717, 1.165) is 33.3 Å². The number of aromatic nitrogens is 1. The number of nitrogens with zero attached hydrogens (tertiary/aromatic N) is 2. The maximum Gasteiger partial charge on any atom is 0.325 e. The van der Waals surface area contributed by atoms with Gasteiger partial charge in [0.15, 0.2) is 0 Å². The Morgan fingerprint density at radius 2 is 1.88 bits per heavy atom. The summed E-state index contributed by atoms with van der Waals surface area (Å²) in [5.74, 6) is -0.0326. The number of carbonyl (C=O) groups excluding carboxylic acids is 3. The van der Waals surface area contributed by atoms with Crippen molar-refractivity contribution < 1.29 is 18.8 Å². The van der Waals surface area contributed by atoms with Crippen molar-refractivity contribution in [1.29, 1.82) is 0 Å². The van der Waals surface area contributed by atoms with Crippen molar-refractivity contribution in [2.24, 2.45) is 0 Å². The summed E-state index contributed by atoms with van der Waals surface area (Å²) < 4.78 is 7.47. The molecule has 4 aromatic rings. The Labute approximate surface area is 190 Å². The maximum absolute atomic E-state index is 12.6. The van der Waals surface area contributed by atoms with E-state index in [4.69, 9.17) is 4.42 Å². The third-order valence-electron chi connectivity index (χ3n) is 6.03. The summed E-state index contributed by atoms with van der Waals surface area (Å²) >= 11 is 0. The number of aryl methyl sites for hydroxylation is 1. The van der Waals surface area contributed by atoms with E-state index in [-0.39, 0.29) is 31.2 Å². The number of furan rings is 1. The van der Waals surface area contributed by atoms with E-state index in [1.807, 2.05) is 30.3 Å². The highest BCUT2D eigenvalue weighted by Gasteiger charge is 2.38. The van der Waals surface area contributed by atoms with Gasteiger partial charge in [-0.1, -0.05) is 18.2 Å². The largest absolute Gasteiger partial charge is 0.467 e. The number of rotatable bonds is 7. The molecule has 1 fully saturated rings. The quantitative estimate of drug-likeness (QED) is 0.417. The monoisotopic (exact) mass is 444 g/mol. The molecule has 3 heterocycles. The van der Waals surface area contributed by atoms with E-state index < -0.39 is 12.1 Å². The summed E-state index contributed by atoms with van der Waals surface area (Å²) in [6.07, 6.45) is 1.83. The molecule has 4 amide bonds. The first-order chi connectivity index (χ1) is 16.0. The number of nitrogens with one attached hydrogen (secondary N) is 2. The van der Waals surface area contributed by atoms with E-state index in [9.17, 15) is 14.4 Å². The zero-order valence-electron chi connectivity index (χ0n) is 18.2. The van der Waals surface area contributed by atoms with E-state index in [1.165, 1.54) is 6.26 Å². The Morgan fingerprint density at radius 1 is 1.06 bits per heavy atom. The van der Waals surface area contributed by atoms with Crippen LogP contribution in [0.1, 0.15) is 25.5 Å². The zero-order valence-corrected chi connectivity index (χ0v) is 18.2. The molecule has 1 aliphatic heterocycles. The Morgan fingerprint density at radius 3 is 2.67 bits per heavy atom. The Hall–Kier alpha value is -4.07. The van der Waals surface area contributed by atoms with Crippen LogP contribution in [0.2, 0.25) is 0 Å². The molecule has 33 heavy (non-hydrogen) atoms. The smallest absolute Gasteiger partial charge is 0.325 e. The lowest BCUT2D eigenvalue weighted by Gasteiger charge is -2.11. The summed E-state index contributed by atoms with van der Waals surface area (Å²) in [6.45, 7) is 3.04. The highest BCUT2D eigenvalue weighted by Crippen LogP contribution is 2.31. The number of hydrogen-bond donors (Lipinski definition) is 2. The molecule has 0 unspecified atom stereocenters. The van der Waals surface area contributed by atoms with Gasteiger partial charge in [-0.15, -0.1) is 0 Å². The molecular weight excluding hydrogens is 420 g/mol. The predicted octanol–water partition coefficient (Wildman–Crippen LogP) is 4.25. The molecule has 8 nitrogen and oxygen atoms in total. The molecule has 1 saturated heterocycles. The minimum Gasteiger partial charge on any atom is -0.467 e. The second-order valence-corrected chi connectivity index (χ2v) is 8.09. The minimum absolute atomic E-state index is 0.0751. The van der Waals surface area contributed by atoms with Gasteiger partial charge in [-0.25, -0.2) is 4.79 Å². The van der Waals surface area contributed by atoms with Crippen LogP contribution in [0, 0.1) is 0 Å². The van der Waals surface area contributed by atoms with Crippen LogP contribution in [0.3, 0.4) is 0 Å². The number of carbonyl (C=O) groups is 3. The van der Waals surface area contributed by atoms with Crippen LogP contribution in [0.5, 0.6) is 0 Å². The molecule has 0 saturated carbocycles. The van der Waals surface area contributed by atoms with Crippen molar-refractivity contribution in [3.8, 4) is 0 Å². The van der Waals surface area contributed by atoms with Gasteiger partial charge in [-0.2, -0.15) is 0 Å². The third-order valence-corrected chi connectivity index (χ3v) is 6.03. The van der Waals surface area contributed by atoms with E-state index >= 15 is 0 Å². The topological polar surface area (TPSA) is 96.6 Å². The average Bonchev–Trinajstić information content (AvgIpc) is 3.51.